The van der Waals surface area contributed by atoms with Gasteiger partial charge in [-0.3, -0.25) is 4.79 Å². The molecule has 2 atom stereocenters. The van der Waals surface area contributed by atoms with Crippen LogP contribution in [0.4, 0.5) is 0 Å². The fourth-order valence-corrected chi connectivity index (χ4v) is 3.17. The van der Waals surface area contributed by atoms with Crippen LogP contribution in [0.1, 0.15) is 37.8 Å². The lowest BCUT2D eigenvalue weighted by atomic mass is 9.61. The third-order valence-electron chi connectivity index (χ3n) is 4.06. The van der Waals surface area contributed by atoms with Gasteiger partial charge in [-0.15, -0.1) is 0 Å². The zero-order chi connectivity index (χ0) is 12.6. The normalized spacial score (nSPS) is 28.3. The molecule has 0 spiro atoms. The first-order valence-electron chi connectivity index (χ1n) is 6.22. The highest BCUT2D eigenvalue weighted by Gasteiger charge is 2.46. The van der Waals surface area contributed by atoms with Gasteiger partial charge < -0.3 is 5.11 Å². The topological polar surface area (TPSA) is 37.3 Å². The molecule has 0 unspecified atom stereocenters. The number of ketones is 1. The molecule has 1 aliphatic rings. The standard InChI is InChI=1S/C15H20O2/c1-10(2)14-12-7-5-4-6-11(12)8-13(17)15(14,3)9-16/h4-7,10,14,16H,8-9H2,1-3H3/t14-,15+/m0/s1. The fourth-order valence-electron chi connectivity index (χ4n) is 3.17. The summed E-state index contributed by atoms with van der Waals surface area (Å²) in [6, 6.07) is 8.12. The Balaban J connectivity index is 2.59. The van der Waals surface area contributed by atoms with Gasteiger partial charge in [0.05, 0.1) is 12.0 Å². The first-order chi connectivity index (χ1) is 8.00. The summed E-state index contributed by atoms with van der Waals surface area (Å²) in [5.41, 5.74) is 1.74. The van der Waals surface area contributed by atoms with E-state index in [9.17, 15) is 9.90 Å². The van der Waals surface area contributed by atoms with E-state index >= 15 is 0 Å². The Morgan fingerprint density at radius 3 is 2.65 bits per heavy atom. The third kappa shape index (κ3) is 1.81. The van der Waals surface area contributed by atoms with Gasteiger partial charge in [-0.25, -0.2) is 0 Å². The molecule has 1 aromatic carbocycles. The van der Waals surface area contributed by atoms with Crippen LogP contribution in [-0.4, -0.2) is 17.5 Å². The molecule has 0 saturated carbocycles. The molecule has 1 N–H and O–H groups in total. The molecule has 92 valence electrons. The largest absolute Gasteiger partial charge is 0.395 e. The van der Waals surface area contributed by atoms with Crippen molar-refractivity contribution in [2.24, 2.45) is 11.3 Å². The van der Waals surface area contributed by atoms with Gasteiger partial charge in [0.1, 0.15) is 5.78 Å². The molecule has 2 heteroatoms. The summed E-state index contributed by atoms with van der Waals surface area (Å²) in [4.78, 5) is 12.3. The van der Waals surface area contributed by atoms with Crippen molar-refractivity contribution < 1.29 is 9.90 Å². The van der Waals surface area contributed by atoms with Gasteiger partial charge in [0.15, 0.2) is 0 Å². The molecule has 0 aliphatic heterocycles. The molecular weight excluding hydrogens is 212 g/mol. The smallest absolute Gasteiger partial charge is 0.146 e. The van der Waals surface area contributed by atoms with Crippen LogP contribution in [0.3, 0.4) is 0 Å². The van der Waals surface area contributed by atoms with Crippen LogP contribution in [0.15, 0.2) is 24.3 Å². The minimum atomic E-state index is -0.622. The zero-order valence-electron chi connectivity index (χ0n) is 10.7. The lowest BCUT2D eigenvalue weighted by molar-refractivity contribution is -0.132. The molecule has 0 bridgehead atoms. The number of rotatable bonds is 2. The molecule has 1 aromatic rings. The number of hydrogen-bond donors (Lipinski definition) is 1. The Labute approximate surface area is 103 Å². The van der Waals surface area contributed by atoms with E-state index in [0.717, 1.165) is 5.56 Å². The molecule has 0 saturated heterocycles. The van der Waals surface area contributed by atoms with E-state index in [0.29, 0.717) is 12.3 Å². The van der Waals surface area contributed by atoms with Crippen LogP contribution < -0.4 is 0 Å². The Morgan fingerprint density at radius 1 is 1.41 bits per heavy atom. The molecule has 1 aliphatic carbocycles. The first kappa shape index (κ1) is 12.3. The second kappa shape index (κ2) is 4.26. The highest BCUT2D eigenvalue weighted by Crippen LogP contribution is 2.46. The molecule has 0 aromatic heterocycles. The maximum atomic E-state index is 12.3. The number of benzene rings is 1. The van der Waals surface area contributed by atoms with Crippen molar-refractivity contribution in [1.29, 1.82) is 0 Å². The summed E-state index contributed by atoms with van der Waals surface area (Å²) in [5.74, 6) is 0.625. The minimum Gasteiger partial charge on any atom is -0.395 e. The van der Waals surface area contributed by atoms with E-state index in [1.165, 1.54) is 5.56 Å². The Hall–Kier alpha value is -1.15. The lowest BCUT2D eigenvalue weighted by Crippen LogP contribution is -2.44. The van der Waals surface area contributed by atoms with E-state index in [4.69, 9.17) is 0 Å². The van der Waals surface area contributed by atoms with Crippen molar-refractivity contribution in [2.75, 3.05) is 6.61 Å². The van der Waals surface area contributed by atoms with Crippen molar-refractivity contribution in [3.63, 3.8) is 0 Å². The zero-order valence-corrected chi connectivity index (χ0v) is 10.7. The second-order valence-corrected chi connectivity index (χ2v) is 5.60. The summed E-state index contributed by atoms with van der Waals surface area (Å²) in [7, 11) is 0. The van der Waals surface area contributed by atoms with Crippen molar-refractivity contribution in [2.45, 2.75) is 33.1 Å². The van der Waals surface area contributed by atoms with E-state index < -0.39 is 5.41 Å². The average Bonchev–Trinajstić information content (AvgIpc) is 2.30. The van der Waals surface area contributed by atoms with Gasteiger partial charge in [0.2, 0.25) is 0 Å². The molecular formula is C15H20O2. The molecule has 17 heavy (non-hydrogen) atoms. The lowest BCUT2D eigenvalue weighted by Gasteiger charge is -2.42. The fraction of sp³-hybridized carbons (Fsp3) is 0.533. The third-order valence-corrected chi connectivity index (χ3v) is 4.06. The van der Waals surface area contributed by atoms with Crippen molar-refractivity contribution in [3.05, 3.63) is 35.4 Å². The van der Waals surface area contributed by atoms with Crippen LogP contribution in [-0.2, 0) is 11.2 Å². The van der Waals surface area contributed by atoms with Gasteiger partial charge in [0, 0.05) is 12.3 Å². The average molecular weight is 232 g/mol. The van der Waals surface area contributed by atoms with Crippen LogP contribution in [0.5, 0.6) is 0 Å². The summed E-state index contributed by atoms with van der Waals surface area (Å²) in [6.07, 6.45) is 0.455. The number of carbonyl (C=O) groups is 1. The predicted molar refractivity (Wildman–Crippen MR) is 67.9 cm³/mol. The SMILES string of the molecule is CC(C)[C@H]1c2ccccc2CC(=O)[C@@]1(C)CO. The summed E-state index contributed by atoms with van der Waals surface area (Å²) >= 11 is 0. The Kier molecular flexibility index (Phi) is 3.09. The number of aliphatic hydroxyl groups is 1. The highest BCUT2D eigenvalue weighted by atomic mass is 16.3. The molecule has 0 radical (unpaired) electrons. The predicted octanol–water partition coefficient (Wildman–Crippen LogP) is 2.55. The monoisotopic (exact) mass is 232 g/mol. The van der Waals surface area contributed by atoms with Crippen LogP contribution in [0, 0.1) is 11.3 Å². The second-order valence-electron chi connectivity index (χ2n) is 5.60. The summed E-state index contributed by atoms with van der Waals surface area (Å²) < 4.78 is 0. The van der Waals surface area contributed by atoms with Gasteiger partial charge in [-0.2, -0.15) is 0 Å². The van der Waals surface area contributed by atoms with Crippen molar-refractivity contribution in [1.82, 2.24) is 0 Å². The summed E-state index contributed by atoms with van der Waals surface area (Å²) in [5, 5.41) is 9.64. The van der Waals surface area contributed by atoms with Gasteiger partial charge in [-0.1, -0.05) is 38.1 Å². The van der Waals surface area contributed by atoms with E-state index in [1.807, 2.05) is 25.1 Å². The molecule has 0 heterocycles. The molecule has 2 rings (SSSR count). The molecule has 0 amide bonds. The van der Waals surface area contributed by atoms with Gasteiger partial charge in [-0.05, 0) is 24.0 Å². The molecule has 0 fully saturated rings. The van der Waals surface area contributed by atoms with E-state index in [1.54, 1.807) is 0 Å². The number of aliphatic hydroxyl groups excluding tert-OH is 1. The number of hydrogen-bond acceptors (Lipinski definition) is 2. The summed E-state index contributed by atoms with van der Waals surface area (Å²) in [6.45, 7) is 6.07. The maximum Gasteiger partial charge on any atom is 0.146 e. The quantitative estimate of drug-likeness (QED) is 0.851. The Bertz CT molecular complexity index is 436. The van der Waals surface area contributed by atoms with Crippen LogP contribution in [0.25, 0.3) is 0 Å². The Morgan fingerprint density at radius 2 is 2.06 bits per heavy atom. The van der Waals surface area contributed by atoms with E-state index in [2.05, 4.69) is 19.9 Å². The van der Waals surface area contributed by atoms with Crippen molar-refractivity contribution >= 4 is 5.78 Å². The number of carbonyl (C=O) groups excluding carboxylic acids is 1. The maximum absolute atomic E-state index is 12.3. The number of fused-ring (bicyclic) bond motifs is 1. The van der Waals surface area contributed by atoms with Gasteiger partial charge >= 0.3 is 0 Å². The van der Waals surface area contributed by atoms with E-state index in [-0.39, 0.29) is 18.3 Å². The number of Topliss-reactive ketones (excluding diaryl/α,β-unsaturated/α-hetero) is 1. The van der Waals surface area contributed by atoms with Gasteiger partial charge in [0.25, 0.3) is 0 Å². The first-order valence-corrected chi connectivity index (χ1v) is 6.22. The van der Waals surface area contributed by atoms with Crippen LogP contribution in [0.2, 0.25) is 0 Å². The molecule has 2 nitrogen and oxygen atoms in total. The van der Waals surface area contributed by atoms with Crippen LogP contribution >= 0.6 is 0 Å². The minimum absolute atomic E-state index is 0.0665. The highest BCUT2D eigenvalue weighted by molar-refractivity contribution is 5.90. The van der Waals surface area contributed by atoms with Crippen molar-refractivity contribution in [3.8, 4) is 0 Å².